The highest BCUT2D eigenvalue weighted by Gasteiger charge is 2.18. The lowest BCUT2D eigenvalue weighted by atomic mass is 10.1. The van der Waals surface area contributed by atoms with Gasteiger partial charge in [-0.3, -0.25) is 9.52 Å². The third-order valence-electron chi connectivity index (χ3n) is 3.89. The summed E-state index contributed by atoms with van der Waals surface area (Å²) in [6.45, 7) is 7.12. The number of aryl methyl sites for hydroxylation is 1. The van der Waals surface area contributed by atoms with Gasteiger partial charge in [-0.1, -0.05) is 25.5 Å². The fourth-order valence-electron chi connectivity index (χ4n) is 2.49. The molecule has 0 spiro atoms. The monoisotopic (exact) mass is 396 g/mol. The van der Waals surface area contributed by atoms with Crippen molar-refractivity contribution in [2.75, 3.05) is 17.8 Å². The summed E-state index contributed by atoms with van der Waals surface area (Å²) in [4.78, 5) is 18.1. The van der Waals surface area contributed by atoms with E-state index in [4.69, 9.17) is 0 Å². The topological polar surface area (TPSA) is 92.3 Å². The summed E-state index contributed by atoms with van der Waals surface area (Å²) in [5.41, 5.74) is 1.10. The molecule has 1 N–H and O–H groups in total. The predicted molar refractivity (Wildman–Crippen MR) is 103 cm³/mol. The van der Waals surface area contributed by atoms with E-state index in [0.29, 0.717) is 18.9 Å². The van der Waals surface area contributed by atoms with Gasteiger partial charge < -0.3 is 4.90 Å². The molecular formula is C17H24N4O3S2. The van der Waals surface area contributed by atoms with E-state index in [1.54, 1.807) is 17.0 Å². The molecule has 0 unspecified atom stereocenters. The SMILES string of the molecule is CCCc1ccc(S(=O)(=O)Nc2nc(CC(=O)N(CC)CC)ns2)cc1. The van der Waals surface area contributed by atoms with E-state index in [9.17, 15) is 13.2 Å². The van der Waals surface area contributed by atoms with Gasteiger partial charge in [-0.05, 0) is 38.0 Å². The molecular weight excluding hydrogens is 372 g/mol. The van der Waals surface area contributed by atoms with E-state index in [1.807, 2.05) is 26.0 Å². The minimum atomic E-state index is -3.72. The predicted octanol–water partition coefficient (Wildman–Crippen LogP) is 2.70. The Morgan fingerprint density at radius 1 is 1.15 bits per heavy atom. The largest absolute Gasteiger partial charge is 0.343 e. The number of sulfonamides is 1. The van der Waals surface area contributed by atoms with Gasteiger partial charge in [0.1, 0.15) is 0 Å². The second kappa shape index (κ2) is 9.09. The van der Waals surface area contributed by atoms with Crippen molar-refractivity contribution in [2.24, 2.45) is 0 Å². The van der Waals surface area contributed by atoms with Gasteiger partial charge >= 0.3 is 0 Å². The maximum atomic E-state index is 12.5. The van der Waals surface area contributed by atoms with Crippen LogP contribution in [0.25, 0.3) is 0 Å². The fourth-order valence-corrected chi connectivity index (χ4v) is 4.30. The van der Waals surface area contributed by atoms with Crippen molar-refractivity contribution < 1.29 is 13.2 Å². The fraction of sp³-hybridized carbons (Fsp3) is 0.471. The van der Waals surface area contributed by atoms with Crippen molar-refractivity contribution in [1.29, 1.82) is 0 Å². The van der Waals surface area contributed by atoms with Gasteiger partial charge in [-0.2, -0.15) is 4.37 Å². The average Bonchev–Trinajstić information content (AvgIpc) is 3.03. The molecule has 0 saturated carbocycles. The number of aromatic nitrogens is 2. The highest BCUT2D eigenvalue weighted by atomic mass is 32.2. The van der Waals surface area contributed by atoms with Crippen LogP contribution in [0.2, 0.25) is 0 Å². The van der Waals surface area contributed by atoms with Gasteiger partial charge in [0, 0.05) is 24.6 Å². The zero-order valence-corrected chi connectivity index (χ0v) is 16.9. The normalized spacial score (nSPS) is 11.3. The van der Waals surface area contributed by atoms with Crippen LogP contribution in [0.4, 0.5) is 5.13 Å². The first-order chi connectivity index (χ1) is 12.4. The Bertz CT molecular complexity index is 828. The molecule has 1 heterocycles. The van der Waals surface area contributed by atoms with Crippen LogP contribution in [0.15, 0.2) is 29.2 Å². The molecule has 1 amide bonds. The Morgan fingerprint density at radius 2 is 1.81 bits per heavy atom. The molecule has 0 bridgehead atoms. The third-order valence-corrected chi connectivity index (χ3v) is 6.04. The number of amides is 1. The zero-order chi connectivity index (χ0) is 19.2. The molecule has 0 fully saturated rings. The van der Waals surface area contributed by atoms with Crippen LogP contribution in [0.5, 0.6) is 0 Å². The average molecular weight is 397 g/mol. The number of carbonyl (C=O) groups is 1. The van der Waals surface area contributed by atoms with Gasteiger partial charge in [-0.15, -0.1) is 0 Å². The first-order valence-corrected chi connectivity index (χ1v) is 10.9. The molecule has 0 aliphatic rings. The highest BCUT2D eigenvalue weighted by Crippen LogP contribution is 2.19. The molecule has 0 aliphatic heterocycles. The summed E-state index contributed by atoms with van der Waals surface area (Å²) in [6, 6.07) is 6.79. The molecule has 9 heteroatoms. The zero-order valence-electron chi connectivity index (χ0n) is 15.2. The number of hydrogen-bond acceptors (Lipinski definition) is 6. The lowest BCUT2D eigenvalue weighted by Crippen LogP contribution is -2.32. The van der Waals surface area contributed by atoms with Crippen LogP contribution in [-0.4, -0.2) is 41.7 Å². The van der Waals surface area contributed by atoms with E-state index in [-0.39, 0.29) is 22.4 Å². The van der Waals surface area contributed by atoms with Crippen molar-refractivity contribution in [1.82, 2.24) is 14.3 Å². The molecule has 0 saturated heterocycles. The van der Waals surface area contributed by atoms with Gasteiger partial charge in [0.25, 0.3) is 10.0 Å². The maximum Gasteiger partial charge on any atom is 0.263 e. The van der Waals surface area contributed by atoms with Crippen LogP contribution in [-0.2, 0) is 27.7 Å². The summed E-state index contributed by atoms with van der Waals surface area (Å²) >= 11 is 0.929. The molecule has 1 aromatic heterocycles. The summed E-state index contributed by atoms with van der Waals surface area (Å²) in [5.74, 6) is 0.247. The molecule has 1 aromatic carbocycles. The number of benzene rings is 1. The van der Waals surface area contributed by atoms with Crippen molar-refractivity contribution in [2.45, 2.75) is 44.9 Å². The lowest BCUT2D eigenvalue weighted by Gasteiger charge is -2.17. The van der Waals surface area contributed by atoms with E-state index in [0.717, 1.165) is 29.9 Å². The molecule has 26 heavy (non-hydrogen) atoms. The molecule has 2 aromatic rings. The second-order valence-corrected chi connectivity index (χ2v) is 8.19. The van der Waals surface area contributed by atoms with E-state index >= 15 is 0 Å². The molecule has 0 aliphatic carbocycles. The van der Waals surface area contributed by atoms with Gasteiger partial charge in [0.2, 0.25) is 11.0 Å². The first kappa shape index (κ1) is 20.3. The van der Waals surface area contributed by atoms with E-state index < -0.39 is 10.0 Å². The number of likely N-dealkylation sites (N-methyl/N-ethyl adjacent to an activating group) is 1. The Morgan fingerprint density at radius 3 is 2.38 bits per heavy atom. The summed E-state index contributed by atoms with van der Waals surface area (Å²) in [6.07, 6.45) is 1.98. The van der Waals surface area contributed by atoms with Crippen molar-refractivity contribution in [3.05, 3.63) is 35.7 Å². The highest BCUT2D eigenvalue weighted by molar-refractivity contribution is 7.93. The van der Waals surface area contributed by atoms with Gasteiger partial charge in [0.15, 0.2) is 5.82 Å². The van der Waals surface area contributed by atoms with E-state index in [2.05, 4.69) is 21.0 Å². The first-order valence-electron chi connectivity index (χ1n) is 8.61. The second-order valence-electron chi connectivity index (χ2n) is 5.76. The standard InChI is InChI=1S/C17H24N4O3S2/c1-4-7-13-8-10-14(11-9-13)26(23,24)20-17-18-15(19-25-17)12-16(22)21(5-2)6-3/h8-11H,4-7,12H2,1-3H3,(H,18,19,20). The number of nitrogens with one attached hydrogen (secondary N) is 1. The molecule has 2 rings (SSSR count). The maximum absolute atomic E-state index is 12.5. The Kier molecular flexibility index (Phi) is 7.10. The number of nitrogens with zero attached hydrogens (tertiary/aromatic N) is 3. The van der Waals surface area contributed by atoms with E-state index in [1.165, 1.54) is 0 Å². The van der Waals surface area contributed by atoms with Crippen molar-refractivity contribution >= 4 is 32.6 Å². The molecule has 7 nitrogen and oxygen atoms in total. The Labute approximate surface area is 158 Å². The third kappa shape index (κ3) is 5.25. The molecule has 142 valence electrons. The molecule has 0 atom stereocenters. The Hall–Kier alpha value is -2.00. The molecule has 0 radical (unpaired) electrons. The number of anilines is 1. The minimum absolute atomic E-state index is 0.0611. The number of rotatable bonds is 9. The number of carbonyl (C=O) groups excluding carboxylic acids is 1. The summed E-state index contributed by atoms with van der Waals surface area (Å²) < 4.78 is 31.4. The smallest absolute Gasteiger partial charge is 0.263 e. The summed E-state index contributed by atoms with van der Waals surface area (Å²) in [5, 5.41) is 0.157. The Balaban J connectivity index is 2.06. The quantitative estimate of drug-likeness (QED) is 0.703. The van der Waals surface area contributed by atoms with Gasteiger partial charge in [-0.25, -0.2) is 13.4 Å². The minimum Gasteiger partial charge on any atom is -0.343 e. The lowest BCUT2D eigenvalue weighted by molar-refractivity contribution is -0.130. The van der Waals surface area contributed by atoms with Crippen LogP contribution < -0.4 is 4.72 Å². The van der Waals surface area contributed by atoms with Crippen LogP contribution in [0.1, 0.15) is 38.6 Å². The number of hydrogen-bond donors (Lipinski definition) is 1. The van der Waals surface area contributed by atoms with Crippen LogP contribution >= 0.6 is 11.5 Å². The summed E-state index contributed by atoms with van der Waals surface area (Å²) in [7, 11) is -3.72. The van der Waals surface area contributed by atoms with Crippen molar-refractivity contribution in [3.63, 3.8) is 0 Å². The van der Waals surface area contributed by atoms with Crippen LogP contribution in [0.3, 0.4) is 0 Å². The van der Waals surface area contributed by atoms with Gasteiger partial charge in [0.05, 0.1) is 11.3 Å². The van der Waals surface area contributed by atoms with Crippen LogP contribution in [0, 0.1) is 0 Å². The van der Waals surface area contributed by atoms with Crippen molar-refractivity contribution in [3.8, 4) is 0 Å².